The lowest BCUT2D eigenvalue weighted by Crippen LogP contribution is -2.37. The van der Waals surface area contributed by atoms with Gasteiger partial charge in [0.2, 0.25) is 15.9 Å². The summed E-state index contributed by atoms with van der Waals surface area (Å²) in [6.07, 6.45) is 2.04. The van der Waals surface area contributed by atoms with Crippen molar-refractivity contribution in [2.75, 3.05) is 19.8 Å². The number of rotatable bonds is 5. The van der Waals surface area contributed by atoms with Crippen LogP contribution in [0.2, 0.25) is 0 Å². The molecule has 0 radical (unpaired) electrons. The van der Waals surface area contributed by atoms with Crippen LogP contribution in [0.5, 0.6) is 0 Å². The smallest absolute Gasteiger partial charge is 0.221 e. The van der Waals surface area contributed by atoms with Gasteiger partial charge in [0.1, 0.15) is 0 Å². The summed E-state index contributed by atoms with van der Waals surface area (Å²) in [5, 5.41) is 3.01. The van der Waals surface area contributed by atoms with Gasteiger partial charge in [0.15, 0.2) is 0 Å². The summed E-state index contributed by atoms with van der Waals surface area (Å²) in [7, 11) is -0.378. The van der Waals surface area contributed by atoms with Crippen LogP contribution in [0.15, 0.2) is 24.3 Å². The third kappa shape index (κ3) is 3.87. The molecule has 122 valence electrons. The summed E-state index contributed by atoms with van der Waals surface area (Å²) < 4.78 is 24.6. The fourth-order valence-corrected chi connectivity index (χ4v) is 3.60. The summed E-state index contributed by atoms with van der Waals surface area (Å²) in [5.41, 5.74) is 2.43. The van der Waals surface area contributed by atoms with E-state index in [1.807, 2.05) is 18.2 Å². The van der Waals surface area contributed by atoms with Crippen LogP contribution < -0.4 is 5.32 Å². The fourth-order valence-electron chi connectivity index (χ4n) is 2.79. The molecule has 1 aromatic carbocycles. The zero-order chi connectivity index (χ0) is 16.3. The van der Waals surface area contributed by atoms with Gasteiger partial charge in [0.05, 0.1) is 11.8 Å². The first-order valence-corrected chi connectivity index (χ1v) is 9.19. The zero-order valence-electron chi connectivity index (χ0n) is 13.4. The summed E-state index contributed by atoms with van der Waals surface area (Å²) in [6.45, 7) is 2.12. The fraction of sp³-hybridized carbons (Fsp3) is 0.562. The molecular formula is C16H24N2O3S. The SMILES string of the molecule is C[C@@H]1CCc2ccccc2[C@@H]1NC(=O)CCS(=O)(=O)N(C)C. The second-order valence-corrected chi connectivity index (χ2v) is 8.41. The Labute approximate surface area is 132 Å². The van der Waals surface area contributed by atoms with Crippen molar-refractivity contribution < 1.29 is 13.2 Å². The van der Waals surface area contributed by atoms with Gasteiger partial charge in [-0.15, -0.1) is 0 Å². The maximum Gasteiger partial charge on any atom is 0.221 e. The van der Waals surface area contributed by atoms with Crippen LogP contribution >= 0.6 is 0 Å². The molecule has 5 nitrogen and oxygen atoms in total. The van der Waals surface area contributed by atoms with Gasteiger partial charge in [-0.2, -0.15) is 0 Å². The first-order valence-electron chi connectivity index (χ1n) is 7.58. The highest BCUT2D eigenvalue weighted by molar-refractivity contribution is 7.89. The highest BCUT2D eigenvalue weighted by atomic mass is 32.2. The summed E-state index contributed by atoms with van der Waals surface area (Å²) in [4.78, 5) is 12.1. The zero-order valence-corrected chi connectivity index (χ0v) is 14.2. The molecular weight excluding hydrogens is 300 g/mol. The maximum atomic E-state index is 12.1. The summed E-state index contributed by atoms with van der Waals surface area (Å²) in [5.74, 6) is -0.0162. The Balaban J connectivity index is 2.03. The van der Waals surface area contributed by atoms with Gasteiger partial charge in [-0.05, 0) is 29.9 Å². The summed E-state index contributed by atoms with van der Waals surface area (Å²) >= 11 is 0. The van der Waals surface area contributed by atoms with E-state index in [-0.39, 0.29) is 24.1 Å². The van der Waals surface area contributed by atoms with E-state index in [1.165, 1.54) is 19.7 Å². The first kappa shape index (κ1) is 17.0. The third-order valence-electron chi connectivity index (χ3n) is 4.29. The molecule has 0 unspecified atom stereocenters. The summed E-state index contributed by atoms with van der Waals surface area (Å²) in [6, 6.07) is 8.10. The van der Waals surface area contributed by atoms with Crippen molar-refractivity contribution in [3.8, 4) is 0 Å². The Hall–Kier alpha value is -1.40. The lowest BCUT2D eigenvalue weighted by atomic mass is 9.80. The molecule has 0 aromatic heterocycles. The number of amides is 1. The van der Waals surface area contributed by atoms with E-state index in [2.05, 4.69) is 18.3 Å². The van der Waals surface area contributed by atoms with Gasteiger partial charge in [-0.3, -0.25) is 4.79 Å². The molecule has 1 N–H and O–H groups in total. The second-order valence-electron chi connectivity index (χ2n) is 6.11. The number of hydrogen-bond donors (Lipinski definition) is 1. The van der Waals surface area contributed by atoms with E-state index in [1.54, 1.807) is 0 Å². The molecule has 0 fully saturated rings. The van der Waals surface area contributed by atoms with E-state index in [0.717, 1.165) is 22.7 Å². The number of carbonyl (C=O) groups is 1. The number of benzene rings is 1. The van der Waals surface area contributed by atoms with Crippen LogP contribution in [0.25, 0.3) is 0 Å². The van der Waals surface area contributed by atoms with Crippen molar-refractivity contribution in [1.29, 1.82) is 0 Å². The van der Waals surface area contributed by atoms with Crippen LogP contribution in [0.1, 0.15) is 36.9 Å². The van der Waals surface area contributed by atoms with Crippen molar-refractivity contribution in [2.45, 2.75) is 32.2 Å². The van der Waals surface area contributed by atoms with Crippen molar-refractivity contribution in [1.82, 2.24) is 9.62 Å². The van der Waals surface area contributed by atoms with Crippen LogP contribution in [-0.4, -0.2) is 38.5 Å². The molecule has 1 amide bonds. The lowest BCUT2D eigenvalue weighted by Gasteiger charge is -2.32. The van der Waals surface area contributed by atoms with E-state index >= 15 is 0 Å². The normalized spacial score (nSPS) is 21.5. The number of nitrogens with one attached hydrogen (secondary N) is 1. The molecule has 1 aliphatic carbocycles. The highest BCUT2D eigenvalue weighted by Gasteiger charge is 2.28. The lowest BCUT2D eigenvalue weighted by molar-refractivity contribution is -0.121. The van der Waals surface area contributed by atoms with E-state index in [9.17, 15) is 13.2 Å². The minimum absolute atomic E-state index is 0.00804. The number of sulfonamides is 1. The topological polar surface area (TPSA) is 66.5 Å². The Morgan fingerprint density at radius 2 is 2.00 bits per heavy atom. The molecule has 22 heavy (non-hydrogen) atoms. The molecule has 0 heterocycles. The van der Waals surface area contributed by atoms with Crippen LogP contribution in [0.4, 0.5) is 0 Å². The van der Waals surface area contributed by atoms with Gasteiger partial charge >= 0.3 is 0 Å². The Kier molecular flexibility index (Phi) is 5.24. The standard InChI is InChI=1S/C16H24N2O3S/c1-12-8-9-13-6-4-5-7-14(13)16(12)17-15(19)10-11-22(20,21)18(2)3/h4-7,12,16H,8-11H2,1-3H3,(H,17,19)/t12-,16-/m1/s1. The van der Waals surface area contributed by atoms with Crippen molar-refractivity contribution in [3.05, 3.63) is 35.4 Å². The minimum Gasteiger partial charge on any atom is -0.349 e. The Morgan fingerprint density at radius 1 is 1.32 bits per heavy atom. The van der Waals surface area contributed by atoms with E-state index in [0.29, 0.717) is 5.92 Å². The molecule has 0 bridgehead atoms. The van der Waals surface area contributed by atoms with Gasteiger partial charge in [0, 0.05) is 20.5 Å². The average Bonchev–Trinajstić information content (AvgIpc) is 2.48. The van der Waals surface area contributed by atoms with Crippen LogP contribution in [0.3, 0.4) is 0 Å². The third-order valence-corrected chi connectivity index (χ3v) is 6.12. The molecule has 0 aliphatic heterocycles. The number of aryl methyl sites for hydroxylation is 1. The second kappa shape index (κ2) is 6.79. The molecule has 0 saturated carbocycles. The maximum absolute atomic E-state index is 12.1. The van der Waals surface area contributed by atoms with Gasteiger partial charge in [0.25, 0.3) is 0 Å². The van der Waals surface area contributed by atoms with Crippen molar-refractivity contribution in [3.63, 3.8) is 0 Å². The number of hydrogen-bond acceptors (Lipinski definition) is 3. The molecule has 1 aliphatic rings. The number of nitrogens with zero attached hydrogens (tertiary/aromatic N) is 1. The average molecular weight is 324 g/mol. The molecule has 2 atom stereocenters. The number of carbonyl (C=O) groups excluding carboxylic acids is 1. The predicted octanol–water partition coefficient (Wildman–Crippen LogP) is 1.71. The van der Waals surface area contributed by atoms with Crippen molar-refractivity contribution in [2.24, 2.45) is 5.92 Å². The van der Waals surface area contributed by atoms with Gasteiger partial charge < -0.3 is 5.32 Å². The van der Waals surface area contributed by atoms with Crippen LogP contribution in [-0.2, 0) is 21.2 Å². The minimum atomic E-state index is -3.34. The molecule has 0 spiro atoms. The largest absolute Gasteiger partial charge is 0.349 e. The predicted molar refractivity (Wildman–Crippen MR) is 86.9 cm³/mol. The molecule has 6 heteroatoms. The molecule has 0 saturated heterocycles. The monoisotopic (exact) mass is 324 g/mol. The highest BCUT2D eigenvalue weighted by Crippen LogP contribution is 2.34. The van der Waals surface area contributed by atoms with Gasteiger partial charge in [-0.25, -0.2) is 12.7 Å². The molecule has 2 rings (SSSR count). The Bertz CT molecular complexity index is 641. The number of fused-ring (bicyclic) bond motifs is 1. The first-order chi connectivity index (χ1) is 10.3. The molecule has 1 aromatic rings. The van der Waals surface area contributed by atoms with Crippen LogP contribution in [0, 0.1) is 5.92 Å². The van der Waals surface area contributed by atoms with Crippen molar-refractivity contribution >= 4 is 15.9 Å². The van der Waals surface area contributed by atoms with Gasteiger partial charge in [-0.1, -0.05) is 31.2 Å². The Morgan fingerprint density at radius 3 is 2.68 bits per heavy atom. The quantitative estimate of drug-likeness (QED) is 0.896. The van der Waals surface area contributed by atoms with E-state index in [4.69, 9.17) is 0 Å². The van der Waals surface area contributed by atoms with E-state index < -0.39 is 10.0 Å².